The predicted octanol–water partition coefficient (Wildman–Crippen LogP) is 2.01. The largest absolute Gasteiger partial charge is 0.361 e. The number of hydrogen-bond donors (Lipinski definition) is 1. The maximum absolute atomic E-state index is 5.21. The minimum absolute atomic E-state index is 0.660. The van der Waals surface area contributed by atoms with Crippen molar-refractivity contribution < 1.29 is 4.52 Å². The number of hydrogen-bond acceptors (Lipinski definition) is 4. The van der Waals surface area contributed by atoms with E-state index in [1.807, 2.05) is 13.8 Å². The molecule has 1 aromatic heterocycles. The van der Waals surface area contributed by atoms with Gasteiger partial charge in [-0.25, -0.2) is 0 Å². The summed E-state index contributed by atoms with van der Waals surface area (Å²) in [7, 11) is 2.28. The number of aromatic nitrogens is 1. The lowest BCUT2D eigenvalue weighted by molar-refractivity contribution is 0.148. The average Bonchev–Trinajstić information content (AvgIpc) is 2.76. The predicted molar refractivity (Wildman–Crippen MR) is 70.4 cm³/mol. The van der Waals surface area contributed by atoms with E-state index >= 15 is 0 Å². The van der Waals surface area contributed by atoms with E-state index in [0.717, 1.165) is 30.1 Å². The summed E-state index contributed by atoms with van der Waals surface area (Å²) < 4.78 is 5.21. The fourth-order valence-corrected chi connectivity index (χ4v) is 3.58. The van der Waals surface area contributed by atoms with Crippen molar-refractivity contribution in [3.8, 4) is 0 Å². The Hall–Kier alpha value is -0.870. The van der Waals surface area contributed by atoms with Crippen LogP contribution in [0.25, 0.3) is 0 Å². The van der Waals surface area contributed by atoms with Crippen LogP contribution in [0.3, 0.4) is 0 Å². The second-order valence-electron chi connectivity index (χ2n) is 5.90. The molecule has 0 aliphatic carbocycles. The molecule has 18 heavy (non-hydrogen) atoms. The van der Waals surface area contributed by atoms with Gasteiger partial charge in [-0.05, 0) is 46.6 Å². The van der Waals surface area contributed by atoms with Crippen molar-refractivity contribution in [2.24, 2.45) is 0 Å². The minimum Gasteiger partial charge on any atom is -0.361 e. The molecule has 4 heteroatoms. The minimum atomic E-state index is 0.660. The molecule has 1 aromatic rings. The molecule has 3 heterocycles. The van der Waals surface area contributed by atoms with E-state index in [1.54, 1.807) is 0 Å². The van der Waals surface area contributed by atoms with Gasteiger partial charge in [0.1, 0.15) is 5.76 Å². The summed E-state index contributed by atoms with van der Waals surface area (Å²) in [4.78, 5) is 2.58. The Morgan fingerprint density at radius 1 is 1.28 bits per heavy atom. The summed E-state index contributed by atoms with van der Waals surface area (Å²) in [5, 5.41) is 7.71. The third kappa shape index (κ3) is 2.08. The molecule has 0 spiro atoms. The van der Waals surface area contributed by atoms with Gasteiger partial charge in [-0.2, -0.15) is 0 Å². The van der Waals surface area contributed by atoms with Crippen molar-refractivity contribution in [1.82, 2.24) is 15.4 Å². The standard InChI is InChI=1S/C14H23N3O/c1-9-14(10(2)18-16-9)8-15-11-6-12-4-5-13(7-11)17(12)3/h11-13,15H,4-8H2,1-3H3. The summed E-state index contributed by atoms with van der Waals surface area (Å²) in [6, 6.07) is 2.25. The number of nitrogens with zero attached hydrogens (tertiary/aromatic N) is 2. The zero-order valence-corrected chi connectivity index (χ0v) is 11.6. The van der Waals surface area contributed by atoms with Crippen LogP contribution in [-0.4, -0.2) is 35.2 Å². The van der Waals surface area contributed by atoms with Crippen molar-refractivity contribution in [3.05, 3.63) is 17.0 Å². The Morgan fingerprint density at radius 3 is 2.50 bits per heavy atom. The van der Waals surface area contributed by atoms with E-state index < -0.39 is 0 Å². The second kappa shape index (κ2) is 4.67. The van der Waals surface area contributed by atoms with Crippen LogP contribution in [0.2, 0.25) is 0 Å². The van der Waals surface area contributed by atoms with Gasteiger partial charge >= 0.3 is 0 Å². The van der Waals surface area contributed by atoms with Crippen LogP contribution in [0.4, 0.5) is 0 Å². The van der Waals surface area contributed by atoms with Gasteiger partial charge in [0.15, 0.2) is 0 Å². The van der Waals surface area contributed by atoms with Gasteiger partial charge in [-0.3, -0.25) is 0 Å². The molecule has 2 unspecified atom stereocenters. The molecule has 4 nitrogen and oxygen atoms in total. The molecule has 0 amide bonds. The van der Waals surface area contributed by atoms with E-state index in [0.29, 0.717) is 6.04 Å². The molecule has 2 fully saturated rings. The Balaban J connectivity index is 1.59. The summed E-state index contributed by atoms with van der Waals surface area (Å²) >= 11 is 0. The van der Waals surface area contributed by atoms with E-state index in [2.05, 4.69) is 22.4 Å². The fraction of sp³-hybridized carbons (Fsp3) is 0.786. The van der Waals surface area contributed by atoms with Crippen LogP contribution >= 0.6 is 0 Å². The zero-order chi connectivity index (χ0) is 12.7. The van der Waals surface area contributed by atoms with Gasteiger partial charge in [0.25, 0.3) is 0 Å². The van der Waals surface area contributed by atoms with Gasteiger partial charge in [-0.1, -0.05) is 5.16 Å². The molecule has 2 aliphatic heterocycles. The third-order valence-electron chi connectivity index (χ3n) is 4.85. The number of piperidine rings is 1. The number of fused-ring (bicyclic) bond motifs is 2. The summed E-state index contributed by atoms with van der Waals surface area (Å²) in [5.74, 6) is 0.955. The monoisotopic (exact) mass is 249 g/mol. The van der Waals surface area contributed by atoms with Crippen molar-refractivity contribution in [3.63, 3.8) is 0 Å². The first-order valence-corrected chi connectivity index (χ1v) is 7.02. The number of rotatable bonds is 3. The lowest BCUT2D eigenvalue weighted by atomic mass is 9.97. The first kappa shape index (κ1) is 12.2. The molecule has 0 aromatic carbocycles. The van der Waals surface area contributed by atoms with Crippen molar-refractivity contribution in [1.29, 1.82) is 0 Å². The molecular weight excluding hydrogens is 226 g/mol. The molecule has 2 saturated heterocycles. The fourth-order valence-electron chi connectivity index (χ4n) is 3.58. The van der Waals surface area contributed by atoms with Crippen molar-refractivity contribution in [2.75, 3.05) is 7.05 Å². The molecular formula is C14H23N3O. The highest BCUT2D eigenvalue weighted by atomic mass is 16.5. The second-order valence-corrected chi connectivity index (χ2v) is 5.90. The van der Waals surface area contributed by atoms with E-state index in [1.165, 1.54) is 31.2 Å². The van der Waals surface area contributed by atoms with Gasteiger partial charge in [0.2, 0.25) is 0 Å². The summed E-state index contributed by atoms with van der Waals surface area (Å²) in [6.45, 7) is 4.91. The van der Waals surface area contributed by atoms with Crippen LogP contribution in [-0.2, 0) is 6.54 Å². The molecule has 0 radical (unpaired) electrons. The highest BCUT2D eigenvalue weighted by Gasteiger charge is 2.38. The maximum atomic E-state index is 5.21. The Morgan fingerprint density at radius 2 is 1.94 bits per heavy atom. The van der Waals surface area contributed by atoms with Gasteiger partial charge in [-0.15, -0.1) is 0 Å². The SMILES string of the molecule is Cc1noc(C)c1CNC1CC2CCC(C1)N2C. The third-order valence-corrected chi connectivity index (χ3v) is 4.85. The molecule has 1 N–H and O–H groups in total. The van der Waals surface area contributed by atoms with Crippen LogP contribution < -0.4 is 5.32 Å². The molecule has 3 rings (SSSR count). The van der Waals surface area contributed by atoms with E-state index in [9.17, 15) is 0 Å². The average molecular weight is 249 g/mol. The Kier molecular flexibility index (Phi) is 3.16. The van der Waals surface area contributed by atoms with Crippen LogP contribution in [0, 0.1) is 13.8 Å². The lowest BCUT2D eigenvalue weighted by Gasteiger charge is -2.36. The van der Waals surface area contributed by atoms with Crippen molar-refractivity contribution >= 4 is 0 Å². The first-order valence-electron chi connectivity index (χ1n) is 7.02. The van der Waals surface area contributed by atoms with Gasteiger partial charge < -0.3 is 14.7 Å². The topological polar surface area (TPSA) is 41.3 Å². The molecule has 0 saturated carbocycles. The van der Waals surface area contributed by atoms with Crippen LogP contribution in [0.5, 0.6) is 0 Å². The van der Waals surface area contributed by atoms with E-state index in [4.69, 9.17) is 4.52 Å². The van der Waals surface area contributed by atoms with Gasteiger partial charge in [0, 0.05) is 30.2 Å². The summed E-state index contributed by atoms with van der Waals surface area (Å²) in [5.41, 5.74) is 2.26. The lowest BCUT2D eigenvalue weighted by Crippen LogP contribution is -2.47. The number of aryl methyl sites for hydroxylation is 2. The Bertz CT molecular complexity index is 395. The Labute approximate surface area is 109 Å². The van der Waals surface area contributed by atoms with Crippen LogP contribution in [0.15, 0.2) is 4.52 Å². The molecule has 2 aliphatic rings. The molecule has 100 valence electrons. The van der Waals surface area contributed by atoms with Gasteiger partial charge in [0.05, 0.1) is 5.69 Å². The zero-order valence-electron chi connectivity index (χ0n) is 11.6. The highest BCUT2D eigenvalue weighted by Crippen LogP contribution is 2.34. The van der Waals surface area contributed by atoms with Crippen LogP contribution in [0.1, 0.15) is 42.7 Å². The van der Waals surface area contributed by atoms with E-state index in [-0.39, 0.29) is 0 Å². The normalized spacial score (nSPS) is 32.1. The summed E-state index contributed by atoms with van der Waals surface area (Å²) in [6.07, 6.45) is 5.34. The molecule has 2 bridgehead atoms. The van der Waals surface area contributed by atoms with Crippen molar-refractivity contribution in [2.45, 2.75) is 64.2 Å². The quantitative estimate of drug-likeness (QED) is 0.889. The maximum Gasteiger partial charge on any atom is 0.138 e. The smallest absolute Gasteiger partial charge is 0.138 e. The molecule has 2 atom stereocenters. The number of nitrogens with one attached hydrogen (secondary N) is 1. The first-order chi connectivity index (χ1) is 8.65. The highest BCUT2D eigenvalue weighted by molar-refractivity contribution is 5.20.